The summed E-state index contributed by atoms with van der Waals surface area (Å²) in [6.07, 6.45) is 3.67. The van der Waals surface area contributed by atoms with Gasteiger partial charge in [-0.15, -0.1) is 0 Å². The van der Waals surface area contributed by atoms with Crippen molar-refractivity contribution in [2.24, 2.45) is 0 Å². The highest BCUT2D eigenvalue weighted by molar-refractivity contribution is 7.99. The van der Waals surface area contributed by atoms with Gasteiger partial charge in [-0.2, -0.15) is 11.8 Å². The average Bonchev–Trinajstić information content (AvgIpc) is 2.35. The van der Waals surface area contributed by atoms with Crippen molar-refractivity contribution in [1.82, 2.24) is 10.3 Å². The van der Waals surface area contributed by atoms with Crippen LogP contribution in [0.4, 0.5) is 5.69 Å². The minimum absolute atomic E-state index is 0.122. The number of pyridine rings is 1. The van der Waals surface area contributed by atoms with E-state index in [9.17, 15) is 4.79 Å². The number of thioether (sulfide) groups is 1. The van der Waals surface area contributed by atoms with E-state index in [1.54, 1.807) is 24.0 Å². The first-order valence-electron chi connectivity index (χ1n) is 5.12. The monoisotopic (exact) mass is 239 g/mol. The largest absolute Gasteiger partial charge is 0.387 e. The first-order valence-corrected chi connectivity index (χ1v) is 6.41. The molecule has 0 saturated carbocycles. The Labute approximate surface area is 100 Å². The minimum atomic E-state index is -0.122. The van der Waals surface area contributed by atoms with E-state index in [1.165, 1.54) is 0 Å². The van der Waals surface area contributed by atoms with E-state index in [2.05, 4.69) is 22.5 Å². The number of nitrogens with zero attached hydrogens (tertiary/aromatic N) is 1. The summed E-state index contributed by atoms with van der Waals surface area (Å²) in [5, 5.41) is 6.22. The van der Waals surface area contributed by atoms with Gasteiger partial charge in [0.1, 0.15) is 5.69 Å². The molecule has 0 aromatic carbocycles. The Morgan fingerprint density at radius 2 is 2.31 bits per heavy atom. The molecule has 0 aliphatic heterocycles. The number of carbonyl (C=O) groups excluding carboxylic acids is 1. The van der Waals surface area contributed by atoms with Gasteiger partial charge in [0.2, 0.25) is 0 Å². The number of rotatable bonds is 5. The van der Waals surface area contributed by atoms with Crippen LogP contribution in [0.15, 0.2) is 18.3 Å². The SMILES string of the molecule is CNc1ccc(C(=O)NCC(C)SC)nc1. The number of aromatic nitrogens is 1. The summed E-state index contributed by atoms with van der Waals surface area (Å²) >= 11 is 1.72. The highest BCUT2D eigenvalue weighted by Gasteiger charge is 2.07. The molecule has 1 unspecified atom stereocenters. The molecule has 0 spiro atoms. The molecule has 1 aromatic heterocycles. The average molecular weight is 239 g/mol. The molecule has 0 aliphatic rings. The Morgan fingerprint density at radius 1 is 1.56 bits per heavy atom. The van der Waals surface area contributed by atoms with Crippen LogP contribution in [0.25, 0.3) is 0 Å². The first-order chi connectivity index (χ1) is 7.67. The number of amides is 1. The van der Waals surface area contributed by atoms with Crippen LogP contribution in [-0.2, 0) is 0 Å². The molecule has 0 saturated heterocycles. The van der Waals surface area contributed by atoms with Crippen LogP contribution in [-0.4, -0.2) is 36.0 Å². The molecule has 16 heavy (non-hydrogen) atoms. The lowest BCUT2D eigenvalue weighted by Gasteiger charge is -2.09. The number of anilines is 1. The molecule has 0 bridgehead atoms. The standard InChI is InChI=1S/C11H17N3OS/c1-8(16-3)6-14-11(15)10-5-4-9(12-2)7-13-10/h4-5,7-8,12H,6H2,1-3H3,(H,14,15). The molecule has 0 fully saturated rings. The summed E-state index contributed by atoms with van der Waals surface area (Å²) in [7, 11) is 1.82. The van der Waals surface area contributed by atoms with Gasteiger partial charge in [-0.05, 0) is 18.4 Å². The van der Waals surface area contributed by atoms with Gasteiger partial charge in [-0.3, -0.25) is 4.79 Å². The van der Waals surface area contributed by atoms with Crippen LogP contribution in [0.5, 0.6) is 0 Å². The lowest BCUT2D eigenvalue weighted by atomic mass is 10.3. The molecule has 88 valence electrons. The van der Waals surface area contributed by atoms with Crippen molar-refractivity contribution in [2.45, 2.75) is 12.2 Å². The second-order valence-corrected chi connectivity index (χ2v) is 4.71. The second-order valence-electron chi connectivity index (χ2n) is 3.44. The molecule has 5 heteroatoms. The minimum Gasteiger partial charge on any atom is -0.387 e. The Kier molecular flexibility index (Phi) is 5.11. The third-order valence-corrected chi connectivity index (χ3v) is 3.21. The first kappa shape index (κ1) is 12.8. The fourth-order valence-electron chi connectivity index (χ4n) is 1.09. The van der Waals surface area contributed by atoms with E-state index >= 15 is 0 Å². The smallest absolute Gasteiger partial charge is 0.269 e. The van der Waals surface area contributed by atoms with Crippen molar-refractivity contribution < 1.29 is 4.79 Å². The normalized spacial score (nSPS) is 11.9. The van der Waals surface area contributed by atoms with Gasteiger partial charge in [-0.25, -0.2) is 4.98 Å². The third-order valence-electron chi connectivity index (χ3n) is 2.24. The van der Waals surface area contributed by atoms with Crippen molar-refractivity contribution in [3.63, 3.8) is 0 Å². The molecule has 4 nitrogen and oxygen atoms in total. The van der Waals surface area contributed by atoms with Crippen LogP contribution in [0.3, 0.4) is 0 Å². The van der Waals surface area contributed by atoms with E-state index in [1.807, 2.05) is 19.4 Å². The van der Waals surface area contributed by atoms with Crippen LogP contribution < -0.4 is 10.6 Å². The number of nitrogens with one attached hydrogen (secondary N) is 2. The summed E-state index contributed by atoms with van der Waals surface area (Å²) in [6, 6.07) is 3.55. The van der Waals surface area contributed by atoms with Crippen LogP contribution >= 0.6 is 11.8 Å². The van der Waals surface area contributed by atoms with E-state index in [-0.39, 0.29) is 5.91 Å². The predicted molar refractivity (Wildman–Crippen MR) is 69.1 cm³/mol. The molecule has 1 heterocycles. The summed E-state index contributed by atoms with van der Waals surface area (Å²) < 4.78 is 0. The fourth-order valence-corrected chi connectivity index (χ4v) is 1.34. The zero-order chi connectivity index (χ0) is 12.0. The van der Waals surface area contributed by atoms with Crippen molar-refractivity contribution in [3.8, 4) is 0 Å². The maximum atomic E-state index is 11.7. The van der Waals surface area contributed by atoms with Gasteiger partial charge >= 0.3 is 0 Å². The van der Waals surface area contributed by atoms with Gasteiger partial charge in [0.15, 0.2) is 0 Å². The van der Waals surface area contributed by atoms with Crippen LogP contribution in [0.2, 0.25) is 0 Å². The lowest BCUT2D eigenvalue weighted by Crippen LogP contribution is -2.29. The summed E-state index contributed by atoms with van der Waals surface area (Å²) in [5.41, 5.74) is 1.35. The van der Waals surface area contributed by atoms with Gasteiger partial charge < -0.3 is 10.6 Å². The third kappa shape index (κ3) is 3.73. The Hall–Kier alpha value is -1.23. The van der Waals surface area contributed by atoms with E-state index in [4.69, 9.17) is 0 Å². The van der Waals surface area contributed by atoms with Gasteiger partial charge in [0, 0.05) is 18.8 Å². The van der Waals surface area contributed by atoms with Crippen molar-refractivity contribution in [3.05, 3.63) is 24.0 Å². The lowest BCUT2D eigenvalue weighted by molar-refractivity contribution is 0.0949. The molecule has 1 rings (SSSR count). The zero-order valence-corrected chi connectivity index (χ0v) is 10.6. The Bertz CT molecular complexity index is 340. The molecule has 0 radical (unpaired) electrons. The van der Waals surface area contributed by atoms with E-state index in [0.29, 0.717) is 17.5 Å². The highest BCUT2D eigenvalue weighted by Crippen LogP contribution is 2.06. The molecule has 1 atom stereocenters. The van der Waals surface area contributed by atoms with Crippen molar-refractivity contribution >= 4 is 23.4 Å². The van der Waals surface area contributed by atoms with Gasteiger partial charge in [0.05, 0.1) is 11.9 Å². The zero-order valence-electron chi connectivity index (χ0n) is 9.78. The van der Waals surface area contributed by atoms with Crippen molar-refractivity contribution in [2.75, 3.05) is 25.2 Å². The van der Waals surface area contributed by atoms with Crippen molar-refractivity contribution in [1.29, 1.82) is 0 Å². The van der Waals surface area contributed by atoms with Crippen LogP contribution in [0.1, 0.15) is 17.4 Å². The molecule has 1 amide bonds. The Morgan fingerprint density at radius 3 is 2.81 bits per heavy atom. The maximum Gasteiger partial charge on any atom is 0.269 e. The fraction of sp³-hybridized carbons (Fsp3) is 0.455. The molecular formula is C11H17N3OS. The van der Waals surface area contributed by atoms with E-state index in [0.717, 1.165) is 5.69 Å². The van der Waals surface area contributed by atoms with Crippen LogP contribution in [0, 0.1) is 0 Å². The number of hydrogen-bond donors (Lipinski definition) is 2. The maximum absolute atomic E-state index is 11.7. The molecular weight excluding hydrogens is 222 g/mol. The van der Waals surface area contributed by atoms with Gasteiger partial charge in [-0.1, -0.05) is 6.92 Å². The molecule has 0 aliphatic carbocycles. The summed E-state index contributed by atoms with van der Waals surface area (Å²) in [5.74, 6) is -0.122. The summed E-state index contributed by atoms with van der Waals surface area (Å²) in [4.78, 5) is 15.7. The second kappa shape index (κ2) is 6.37. The quantitative estimate of drug-likeness (QED) is 0.819. The predicted octanol–water partition coefficient (Wildman–Crippen LogP) is 1.60. The van der Waals surface area contributed by atoms with E-state index < -0.39 is 0 Å². The van der Waals surface area contributed by atoms with Gasteiger partial charge in [0.25, 0.3) is 5.91 Å². The molecule has 1 aromatic rings. The number of hydrogen-bond acceptors (Lipinski definition) is 4. The summed E-state index contributed by atoms with van der Waals surface area (Å²) in [6.45, 7) is 2.73. The number of carbonyl (C=O) groups is 1. The Balaban J connectivity index is 2.52. The topological polar surface area (TPSA) is 54.0 Å². The highest BCUT2D eigenvalue weighted by atomic mass is 32.2. The molecule has 2 N–H and O–H groups in total.